The van der Waals surface area contributed by atoms with Gasteiger partial charge in [-0.05, 0) is 6.42 Å². The van der Waals surface area contributed by atoms with Gasteiger partial charge in [-0.3, -0.25) is 13.9 Å². The van der Waals surface area contributed by atoms with E-state index in [1.807, 2.05) is 0 Å². The van der Waals surface area contributed by atoms with Crippen molar-refractivity contribution in [2.24, 2.45) is 14.1 Å². The Hall–Kier alpha value is -1.89. The number of thioether (sulfide) groups is 1. The molecule has 2 aromatic rings. The van der Waals surface area contributed by atoms with Crippen LogP contribution in [0, 0.1) is 0 Å². The van der Waals surface area contributed by atoms with Gasteiger partial charge in [0, 0.05) is 26.3 Å². The SMILES string of the molecule is C=CCSc1nc(CCCC)nc2c1c(=O)n(C)c(=O)n2C. The van der Waals surface area contributed by atoms with Crippen LogP contribution in [0.2, 0.25) is 0 Å². The van der Waals surface area contributed by atoms with Crippen LogP contribution in [0.4, 0.5) is 0 Å². The van der Waals surface area contributed by atoms with Crippen molar-refractivity contribution in [3.8, 4) is 0 Å². The third kappa shape index (κ3) is 2.99. The summed E-state index contributed by atoms with van der Waals surface area (Å²) >= 11 is 1.44. The minimum atomic E-state index is -0.377. The highest BCUT2D eigenvalue weighted by atomic mass is 32.2. The van der Waals surface area contributed by atoms with Crippen LogP contribution in [0.3, 0.4) is 0 Å². The van der Waals surface area contributed by atoms with Crippen LogP contribution in [0.25, 0.3) is 11.0 Å². The molecule has 22 heavy (non-hydrogen) atoms. The first kappa shape index (κ1) is 16.5. The van der Waals surface area contributed by atoms with Crippen molar-refractivity contribution >= 4 is 22.8 Å². The lowest BCUT2D eigenvalue weighted by Crippen LogP contribution is -2.37. The van der Waals surface area contributed by atoms with E-state index in [1.54, 1.807) is 13.1 Å². The van der Waals surface area contributed by atoms with Gasteiger partial charge in [-0.15, -0.1) is 18.3 Å². The molecule has 7 heteroatoms. The molecule has 0 fully saturated rings. The maximum Gasteiger partial charge on any atom is 0.332 e. The average molecular weight is 320 g/mol. The molecule has 0 spiro atoms. The van der Waals surface area contributed by atoms with Crippen molar-refractivity contribution in [3.63, 3.8) is 0 Å². The fourth-order valence-electron chi connectivity index (χ4n) is 2.16. The molecule has 0 saturated carbocycles. The molecule has 0 aliphatic heterocycles. The molecule has 0 bridgehead atoms. The summed E-state index contributed by atoms with van der Waals surface area (Å²) in [5, 5.41) is 1.02. The summed E-state index contributed by atoms with van der Waals surface area (Å²) in [6.07, 6.45) is 4.50. The number of aromatic nitrogens is 4. The summed E-state index contributed by atoms with van der Waals surface area (Å²) in [4.78, 5) is 33.5. The zero-order chi connectivity index (χ0) is 16.3. The molecule has 2 rings (SSSR count). The second kappa shape index (κ2) is 6.91. The molecule has 0 radical (unpaired) electrons. The number of unbranched alkanes of at least 4 members (excludes halogenated alkanes) is 1. The summed E-state index contributed by atoms with van der Waals surface area (Å²) in [6, 6.07) is 0. The molecule has 0 aliphatic carbocycles. The molecular formula is C15H20N4O2S. The Labute approximate surface area is 132 Å². The highest BCUT2D eigenvalue weighted by Gasteiger charge is 2.16. The number of rotatable bonds is 6. The summed E-state index contributed by atoms with van der Waals surface area (Å²) in [5.41, 5.74) is -0.329. The van der Waals surface area contributed by atoms with E-state index < -0.39 is 0 Å². The number of fused-ring (bicyclic) bond motifs is 1. The van der Waals surface area contributed by atoms with Gasteiger partial charge in [0.25, 0.3) is 5.56 Å². The van der Waals surface area contributed by atoms with Crippen LogP contribution >= 0.6 is 11.8 Å². The fraction of sp³-hybridized carbons (Fsp3) is 0.467. The predicted molar refractivity (Wildman–Crippen MR) is 89.6 cm³/mol. The maximum atomic E-state index is 12.4. The van der Waals surface area contributed by atoms with Gasteiger partial charge in [-0.2, -0.15) is 0 Å². The lowest BCUT2D eigenvalue weighted by atomic mass is 10.2. The smallest absolute Gasteiger partial charge is 0.280 e. The lowest BCUT2D eigenvalue weighted by molar-refractivity contribution is 0.690. The molecule has 6 nitrogen and oxygen atoms in total. The Bertz CT molecular complexity index is 823. The Kier molecular flexibility index (Phi) is 5.18. The molecule has 0 unspecified atom stereocenters. The van der Waals surface area contributed by atoms with Gasteiger partial charge in [0.15, 0.2) is 5.65 Å². The van der Waals surface area contributed by atoms with E-state index in [-0.39, 0.29) is 11.2 Å². The normalized spacial score (nSPS) is 11.0. The average Bonchev–Trinajstić information content (AvgIpc) is 2.53. The van der Waals surface area contributed by atoms with E-state index in [0.717, 1.165) is 23.8 Å². The van der Waals surface area contributed by atoms with E-state index in [2.05, 4.69) is 23.5 Å². The van der Waals surface area contributed by atoms with Crippen molar-refractivity contribution in [3.05, 3.63) is 39.3 Å². The second-order valence-corrected chi connectivity index (χ2v) is 6.06. The van der Waals surface area contributed by atoms with Gasteiger partial charge >= 0.3 is 5.69 Å². The Balaban J connectivity index is 2.78. The van der Waals surface area contributed by atoms with E-state index in [0.29, 0.717) is 27.6 Å². The standard InChI is InChI=1S/C15H20N4O2S/c1-5-7-8-10-16-12-11(13(17-10)22-9-6-2)14(20)19(4)15(21)18(12)3/h6H,2,5,7-9H2,1,3-4H3. The van der Waals surface area contributed by atoms with Crippen molar-refractivity contribution in [2.75, 3.05) is 5.75 Å². The number of hydrogen-bond donors (Lipinski definition) is 0. The minimum Gasteiger partial charge on any atom is -0.280 e. The minimum absolute atomic E-state index is 0.355. The fourth-order valence-corrected chi connectivity index (χ4v) is 2.93. The summed E-state index contributed by atoms with van der Waals surface area (Å²) in [5.74, 6) is 1.31. The van der Waals surface area contributed by atoms with Crippen molar-refractivity contribution in [1.82, 2.24) is 19.1 Å². The van der Waals surface area contributed by atoms with Crippen LogP contribution in [0.15, 0.2) is 27.3 Å². The molecule has 0 atom stereocenters. The van der Waals surface area contributed by atoms with Gasteiger partial charge in [0.05, 0.1) is 0 Å². The van der Waals surface area contributed by atoms with E-state index in [1.165, 1.54) is 23.4 Å². The van der Waals surface area contributed by atoms with Crippen LogP contribution in [0.5, 0.6) is 0 Å². The molecule has 0 N–H and O–H groups in total. The summed E-state index contributed by atoms with van der Waals surface area (Å²) in [6.45, 7) is 5.79. The van der Waals surface area contributed by atoms with E-state index >= 15 is 0 Å². The summed E-state index contributed by atoms with van der Waals surface area (Å²) in [7, 11) is 3.10. The Morgan fingerprint density at radius 3 is 2.59 bits per heavy atom. The predicted octanol–water partition coefficient (Wildman–Crippen LogP) is 1.65. The largest absolute Gasteiger partial charge is 0.332 e. The van der Waals surface area contributed by atoms with Crippen LogP contribution < -0.4 is 11.2 Å². The highest BCUT2D eigenvalue weighted by molar-refractivity contribution is 7.99. The van der Waals surface area contributed by atoms with Gasteiger partial charge in [-0.25, -0.2) is 14.8 Å². The quantitative estimate of drug-likeness (QED) is 0.460. The number of hydrogen-bond acceptors (Lipinski definition) is 5. The van der Waals surface area contributed by atoms with Crippen molar-refractivity contribution in [2.45, 2.75) is 31.2 Å². The molecular weight excluding hydrogens is 300 g/mol. The molecule has 0 amide bonds. The van der Waals surface area contributed by atoms with E-state index in [9.17, 15) is 9.59 Å². The highest BCUT2D eigenvalue weighted by Crippen LogP contribution is 2.22. The molecule has 2 heterocycles. The third-order valence-corrected chi connectivity index (χ3v) is 4.38. The number of nitrogens with zero attached hydrogens (tertiary/aromatic N) is 4. The first-order valence-electron chi connectivity index (χ1n) is 7.21. The monoisotopic (exact) mass is 320 g/mol. The molecule has 118 valence electrons. The lowest BCUT2D eigenvalue weighted by Gasteiger charge is -2.11. The van der Waals surface area contributed by atoms with Gasteiger partial charge < -0.3 is 0 Å². The van der Waals surface area contributed by atoms with Crippen molar-refractivity contribution < 1.29 is 0 Å². The zero-order valence-corrected chi connectivity index (χ0v) is 13.9. The molecule has 0 saturated heterocycles. The van der Waals surface area contributed by atoms with Gasteiger partial charge in [0.2, 0.25) is 0 Å². The first-order chi connectivity index (χ1) is 10.5. The van der Waals surface area contributed by atoms with Gasteiger partial charge in [-0.1, -0.05) is 19.4 Å². The van der Waals surface area contributed by atoms with E-state index in [4.69, 9.17) is 0 Å². The number of aryl methyl sites for hydroxylation is 2. The zero-order valence-electron chi connectivity index (χ0n) is 13.1. The Morgan fingerprint density at radius 2 is 1.95 bits per heavy atom. The third-order valence-electron chi connectivity index (χ3n) is 3.40. The van der Waals surface area contributed by atoms with Crippen LogP contribution in [-0.2, 0) is 20.5 Å². The van der Waals surface area contributed by atoms with Gasteiger partial charge in [0.1, 0.15) is 16.2 Å². The topological polar surface area (TPSA) is 69.8 Å². The van der Waals surface area contributed by atoms with Crippen molar-refractivity contribution in [1.29, 1.82) is 0 Å². The second-order valence-electron chi connectivity index (χ2n) is 5.05. The Morgan fingerprint density at radius 1 is 1.23 bits per heavy atom. The maximum absolute atomic E-state index is 12.4. The van der Waals surface area contributed by atoms with Crippen LogP contribution in [-0.4, -0.2) is 24.9 Å². The summed E-state index contributed by atoms with van der Waals surface area (Å²) < 4.78 is 2.50. The molecule has 0 aromatic carbocycles. The molecule has 0 aliphatic rings. The van der Waals surface area contributed by atoms with Crippen LogP contribution in [0.1, 0.15) is 25.6 Å². The molecule has 2 aromatic heterocycles. The first-order valence-corrected chi connectivity index (χ1v) is 8.20.